The highest BCUT2D eigenvalue weighted by Gasteiger charge is 2.57. The lowest BCUT2D eigenvalue weighted by atomic mass is 9.90. The Morgan fingerprint density at radius 1 is 1.19 bits per heavy atom. The smallest absolute Gasteiger partial charge is 0.198 e. The molecule has 0 bridgehead atoms. The van der Waals surface area contributed by atoms with E-state index in [1.54, 1.807) is 6.07 Å². The van der Waals surface area contributed by atoms with Crippen LogP contribution in [0.25, 0.3) is 16.7 Å². The Hall–Kier alpha value is -2.42. The summed E-state index contributed by atoms with van der Waals surface area (Å²) in [5, 5.41) is 0. The highest BCUT2D eigenvalue weighted by molar-refractivity contribution is 5.82. The van der Waals surface area contributed by atoms with Crippen molar-refractivity contribution in [2.24, 2.45) is 5.92 Å². The third kappa shape index (κ3) is 2.00. The van der Waals surface area contributed by atoms with E-state index in [2.05, 4.69) is 30.3 Å². The van der Waals surface area contributed by atoms with Gasteiger partial charge >= 0.3 is 0 Å². The Kier molecular flexibility index (Phi) is 2.74. The average Bonchev–Trinajstić information content (AvgIpc) is 3.54. The molecule has 2 fully saturated rings. The van der Waals surface area contributed by atoms with Gasteiger partial charge < -0.3 is 4.42 Å². The molecule has 2 atom stereocenters. The summed E-state index contributed by atoms with van der Waals surface area (Å²) in [5.74, 6) is 1.93. The minimum atomic E-state index is -0.0963. The number of benzene rings is 2. The molecule has 0 unspecified atom stereocenters. The zero-order valence-electron chi connectivity index (χ0n) is 14.8. The van der Waals surface area contributed by atoms with Crippen LogP contribution in [0.15, 0.2) is 46.9 Å². The summed E-state index contributed by atoms with van der Waals surface area (Å²) in [7, 11) is 0. The maximum absolute atomic E-state index is 14.0. The van der Waals surface area contributed by atoms with E-state index in [9.17, 15) is 4.39 Å². The molecule has 0 amide bonds. The Morgan fingerprint density at radius 3 is 2.92 bits per heavy atom. The lowest BCUT2D eigenvalue weighted by Crippen LogP contribution is -2.07. The van der Waals surface area contributed by atoms with Gasteiger partial charge in [-0.05, 0) is 79.0 Å². The Balaban J connectivity index is 1.40. The molecule has 0 saturated heterocycles. The van der Waals surface area contributed by atoms with Crippen LogP contribution in [-0.4, -0.2) is 4.98 Å². The number of oxazole rings is 1. The summed E-state index contributed by atoms with van der Waals surface area (Å²) in [5.41, 5.74) is 6.44. The zero-order valence-corrected chi connectivity index (χ0v) is 14.8. The highest BCUT2D eigenvalue weighted by atomic mass is 19.1. The molecule has 0 radical (unpaired) electrons. The molecule has 26 heavy (non-hydrogen) atoms. The summed E-state index contributed by atoms with van der Waals surface area (Å²) in [4.78, 5) is 4.69. The molecule has 2 saturated carbocycles. The molecule has 2 nitrogen and oxygen atoms in total. The van der Waals surface area contributed by atoms with Gasteiger partial charge in [-0.2, -0.15) is 0 Å². The van der Waals surface area contributed by atoms with Crippen molar-refractivity contribution in [1.29, 1.82) is 0 Å². The van der Waals surface area contributed by atoms with E-state index in [1.165, 1.54) is 24.0 Å². The van der Waals surface area contributed by atoms with Crippen LogP contribution >= 0.6 is 0 Å². The molecule has 1 aromatic heterocycles. The molecule has 0 N–H and O–H groups in total. The molecule has 1 heterocycles. The minimum absolute atomic E-state index is 0.0411. The second-order valence-electron chi connectivity index (χ2n) is 8.24. The first-order valence-electron chi connectivity index (χ1n) is 9.52. The van der Waals surface area contributed by atoms with E-state index < -0.39 is 0 Å². The fourth-order valence-corrected chi connectivity index (χ4v) is 4.79. The molecule has 0 spiro atoms. The molecule has 3 aromatic rings. The van der Waals surface area contributed by atoms with Gasteiger partial charge in [-0.15, -0.1) is 0 Å². The number of halogens is 1. The fraction of sp³-hybridized carbons (Fsp3) is 0.348. The van der Waals surface area contributed by atoms with Gasteiger partial charge in [0.15, 0.2) is 11.5 Å². The number of rotatable bonds is 3. The number of hydrogen-bond acceptors (Lipinski definition) is 2. The molecule has 2 aromatic carbocycles. The minimum Gasteiger partial charge on any atom is -0.440 e. The van der Waals surface area contributed by atoms with Gasteiger partial charge in [0, 0.05) is 11.3 Å². The van der Waals surface area contributed by atoms with E-state index in [4.69, 9.17) is 9.40 Å². The zero-order chi connectivity index (χ0) is 17.5. The van der Waals surface area contributed by atoms with Crippen molar-refractivity contribution in [1.82, 2.24) is 4.98 Å². The molecule has 0 aliphatic heterocycles. The van der Waals surface area contributed by atoms with Crippen molar-refractivity contribution in [2.45, 2.75) is 43.9 Å². The van der Waals surface area contributed by atoms with Crippen molar-refractivity contribution in [3.8, 4) is 0 Å². The quantitative estimate of drug-likeness (QED) is 0.591. The average molecular weight is 345 g/mol. The van der Waals surface area contributed by atoms with E-state index in [0.717, 1.165) is 41.0 Å². The number of fused-ring (bicyclic) bond motifs is 2. The number of allylic oxidation sites excluding steroid dienone is 2. The van der Waals surface area contributed by atoms with Crippen LogP contribution in [0.3, 0.4) is 0 Å². The monoisotopic (exact) mass is 345 g/mol. The van der Waals surface area contributed by atoms with E-state index in [-0.39, 0.29) is 11.2 Å². The normalized spacial score (nSPS) is 26.8. The SMILES string of the molecule is Cc1c(F)cccc1[C@@]12C=C(c3ccc4oc(C5CC5)nc4c3)C[C@@H]1C2. The Bertz CT molecular complexity index is 1090. The van der Waals surface area contributed by atoms with Crippen LogP contribution in [0.5, 0.6) is 0 Å². The van der Waals surface area contributed by atoms with Crippen LogP contribution in [0.2, 0.25) is 0 Å². The number of hydrogen-bond donors (Lipinski definition) is 0. The van der Waals surface area contributed by atoms with Crippen molar-refractivity contribution in [2.75, 3.05) is 0 Å². The van der Waals surface area contributed by atoms with Gasteiger partial charge in [0.25, 0.3) is 0 Å². The standard InChI is InChI=1S/C23H20FNO/c1-13-18(3-2-4-19(13)24)23-11-16(9-17(23)12-23)15-7-8-21-20(10-15)25-22(26-21)14-5-6-14/h2-4,7-8,10-11,14,17H,5-6,9,12H2,1H3/t17-,23-/m1/s1. The van der Waals surface area contributed by atoms with Crippen LogP contribution in [-0.2, 0) is 5.41 Å². The molecular weight excluding hydrogens is 325 g/mol. The van der Waals surface area contributed by atoms with Crippen molar-refractivity contribution < 1.29 is 8.81 Å². The van der Waals surface area contributed by atoms with E-state index in [1.807, 2.05) is 13.0 Å². The Morgan fingerprint density at radius 2 is 2.08 bits per heavy atom. The first kappa shape index (κ1) is 14.7. The van der Waals surface area contributed by atoms with Crippen molar-refractivity contribution in [3.05, 3.63) is 70.9 Å². The fourth-order valence-electron chi connectivity index (χ4n) is 4.79. The first-order valence-corrected chi connectivity index (χ1v) is 9.52. The van der Waals surface area contributed by atoms with E-state index in [0.29, 0.717) is 11.8 Å². The van der Waals surface area contributed by atoms with Gasteiger partial charge in [0.05, 0.1) is 0 Å². The van der Waals surface area contributed by atoms with Gasteiger partial charge in [0.2, 0.25) is 0 Å². The summed E-state index contributed by atoms with van der Waals surface area (Å²) < 4.78 is 19.9. The predicted octanol–water partition coefficient (Wildman–Crippen LogP) is 5.90. The van der Waals surface area contributed by atoms with Crippen LogP contribution in [0.1, 0.15) is 54.2 Å². The summed E-state index contributed by atoms with van der Waals surface area (Å²) in [6, 6.07) is 11.9. The molecule has 6 rings (SSSR count). The van der Waals surface area contributed by atoms with Crippen LogP contribution in [0.4, 0.5) is 4.39 Å². The van der Waals surface area contributed by atoms with Crippen molar-refractivity contribution >= 4 is 16.7 Å². The third-order valence-electron chi connectivity index (χ3n) is 6.52. The molecule has 3 aliphatic carbocycles. The second-order valence-corrected chi connectivity index (χ2v) is 8.24. The predicted molar refractivity (Wildman–Crippen MR) is 99.5 cm³/mol. The first-order chi connectivity index (χ1) is 12.6. The third-order valence-corrected chi connectivity index (χ3v) is 6.52. The number of aromatic nitrogens is 1. The van der Waals surface area contributed by atoms with Gasteiger partial charge in [0.1, 0.15) is 11.3 Å². The molecule has 3 aliphatic rings. The molecule has 130 valence electrons. The topological polar surface area (TPSA) is 26.0 Å². The summed E-state index contributed by atoms with van der Waals surface area (Å²) in [6.45, 7) is 1.90. The van der Waals surface area contributed by atoms with E-state index >= 15 is 0 Å². The van der Waals surface area contributed by atoms with Crippen LogP contribution in [0, 0.1) is 18.7 Å². The maximum atomic E-state index is 14.0. The van der Waals surface area contributed by atoms with Gasteiger partial charge in [-0.25, -0.2) is 9.37 Å². The lowest BCUT2D eigenvalue weighted by Gasteiger charge is -2.14. The molecule has 3 heteroatoms. The van der Waals surface area contributed by atoms with Gasteiger partial charge in [-0.1, -0.05) is 24.3 Å². The van der Waals surface area contributed by atoms with Crippen LogP contribution < -0.4 is 0 Å². The lowest BCUT2D eigenvalue weighted by molar-refractivity contribution is 0.533. The maximum Gasteiger partial charge on any atom is 0.198 e. The summed E-state index contributed by atoms with van der Waals surface area (Å²) in [6.07, 6.45) is 6.99. The van der Waals surface area contributed by atoms with Gasteiger partial charge in [-0.3, -0.25) is 0 Å². The molecular formula is C23H20FNO. The number of nitrogens with zero attached hydrogens (tertiary/aromatic N) is 1. The Labute approximate surface area is 151 Å². The van der Waals surface area contributed by atoms with Crippen molar-refractivity contribution in [3.63, 3.8) is 0 Å². The second kappa shape index (κ2) is 4.85. The highest BCUT2D eigenvalue weighted by Crippen LogP contribution is 2.65. The largest absolute Gasteiger partial charge is 0.440 e. The summed E-state index contributed by atoms with van der Waals surface area (Å²) >= 11 is 0.